The summed E-state index contributed by atoms with van der Waals surface area (Å²) in [4.78, 5) is 21.8. The van der Waals surface area contributed by atoms with E-state index in [9.17, 15) is 9.90 Å². The van der Waals surface area contributed by atoms with Crippen LogP contribution in [0.4, 0.5) is 0 Å². The van der Waals surface area contributed by atoms with Crippen LogP contribution in [0, 0.1) is 5.92 Å². The van der Waals surface area contributed by atoms with E-state index < -0.39 is 0 Å². The number of rotatable bonds is 3. The van der Waals surface area contributed by atoms with E-state index in [4.69, 9.17) is 0 Å². The van der Waals surface area contributed by atoms with Gasteiger partial charge in [0.1, 0.15) is 12.3 Å². The first-order chi connectivity index (χ1) is 12.7. The van der Waals surface area contributed by atoms with Crippen LogP contribution < -0.4 is 0 Å². The molecule has 136 valence electrons. The summed E-state index contributed by atoms with van der Waals surface area (Å²) in [6, 6.07) is 8.25. The highest BCUT2D eigenvalue weighted by Gasteiger charge is 2.54. The molecule has 26 heavy (non-hydrogen) atoms. The number of benzene rings is 1. The fourth-order valence-corrected chi connectivity index (χ4v) is 5.38. The van der Waals surface area contributed by atoms with Gasteiger partial charge < -0.3 is 14.6 Å². The first kappa shape index (κ1) is 15.9. The van der Waals surface area contributed by atoms with Gasteiger partial charge in [0.05, 0.1) is 12.4 Å². The van der Waals surface area contributed by atoms with Crippen molar-refractivity contribution in [1.82, 2.24) is 19.4 Å². The van der Waals surface area contributed by atoms with E-state index in [-0.39, 0.29) is 11.8 Å². The lowest BCUT2D eigenvalue weighted by molar-refractivity contribution is -0.136. The van der Waals surface area contributed by atoms with E-state index in [1.807, 2.05) is 22.9 Å². The van der Waals surface area contributed by atoms with E-state index in [2.05, 4.69) is 20.9 Å². The van der Waals surface area contributed by atoms with Crippen LogP contribution in [0.25, 0.3) is 0 Å². The highest BCUT2D eigenvalue weighted by atomic mass is 16.3. The van der Waals surface area contributed by atoms with E-state index in [0.29, 0.717) is 30.3 Å². The Kier molecular flexibility index (Phi) is 3.74. The van der Waals surface area contributed by atoms with Crippen LogP contribution in [0.2, 0.25) is 0 Å². The van der Waals surface area contributed by atoms with Crippen LogP contribution in [-0.4, -0.2) is 62.1 Å². The third kappa shape index (κ3) is 2.51. The van der Waals surface area contributed by atoms with Crippen LogP contribution in [0.1, 0.15) is 24.3 Å². The number of phenols is 1. The second-order valence-corrected chi connectivity index (χ2v) is 7.84. The van der Waals surface area contributed by atoms with E-state index in [1.165, 1.54) is 12.8 Å². The maximum absolute atomic E-state index is 13.1. The summed E-state index contributed by atoms with van der Waals surface area (Å²) in [5.74, 6) is 1.34. The average molecular weight is 352 g/mol. The Morgan fingerprint density at radius 2 is 2.08 bits per heavy atom. The molecule has 3 atom stereocenters. The topological polar surface area (TPSA) is 61.6 Å². The molecule has 0 radical (unpaired) electrons. The zero-order chi connectivity index (χ0) is 17.7. The van der Waals surface area contributed by atoms with Crippen molar-refractivity contribution in [2.45, 2.75) is 37.4 Å². The maximum Gasteiger partial charge on any atom is 0.242 e. The number of piperidine rings is 3. The molecule has 2 aromatic rings. The van der Waals surface area contributed by atoms with Gasteiger partial charge in [-0.2, -0.15) is 0 Å². The number of imidazole rings is 1. The molecule has 6 rings (SSSR count). The monoisotopic (exact) mass is 352 g/mol. The van der Waals surface area contributed by atoms with Crippen LogP contribution in [0.15, 0.2) is 43.0 Å². The van der Waals surface area contributed by atoms with Gasteiger partial charge in [0, 0.05) is 30.9 Å². The van der Waals surface area contributed by atoms with Crippen molar-refractivity contribution in [3.63, 3.8) is 0 Å². The molecule has 1 N–H and O–H groups in total. The van der Waals surface area contributed by atoms with Gasteiger partial charge in [-0.25, -0.2) is 4.98 Å². The number of aromatic hydroxyl groups is 1. The van der Waals surface area contributed by atoms with E-state index >= 15 is 0 Å². The van der Waals surface area contributed by atoms with Gasteiger partial charge in [0.2, 0.25) is 5.91 Å². The fourth-order valence-electron chi connectivity index (χ4n) is 5.38. The smallest absolute Gasteiger partial charge is 0.242 e. The van der Waals surface area contributed by atoms with Crippen LogP contribution in [0.3, 0.4) is 0 Å². The number of carbonyl (C=O) groups is 1. The zero-order valence-electron chi connectivity index (χ0n) is 14.7. The molecule has 4 fully saturated rings. The van der Waals surface area contributed by atoms with Gasteiger partial charge in [0.25, 0.3) is 0 Å². The Bertz CT molecular complexity index is 798. The molecule has 0 saturated carbocycles. The zero-order valence-corrected chi connectivity index (χ0v) is 14.7. The second kappa shape index (κ2) is 6.13. The van der Waals surface area contributed by atoms with Gasteiger partial charge in [-0.3, -0.25) is 9.69 Å². The van der Waals surface area contributed by atoms with E-state index in [0.717, 1.165) is 25.2 Å². The standard InChI is InChI=1S/C20H24N4O2/c25-16-3-1-2-15(10-16)17-11-24(18(26)12-22-9-6-21-13-22)19-14-4-7-23(8-5-14)20(17)19/h1-3,6,9-10,13-14,17,19-20,25H,4-5,7-8,11-12H2/t17-,19+,20+/m0/s1. The molecule has 0 unspecified atom stereocenters. The highest BCUT2D eigenvalue weighted by molar-refractivity contribution is 5.77. The lowest BCUT2D eigenvalue weighted by atomic mass is 9.75. The number of likely N-dealkylation sites (tertiary alicyclic amines) is 1. The SMILES string of the molecule is O=C(Cn1ccnc1)N1C[C@@H](c2cccc(O)c2)[C@@H]2[C@H]1C1CCN2CC1. The molecule has 4 aliphatic heterocycles. The number of hydrogen-bond acceptors (Lipinski definition) is 4. The van der Waals surface area contributed by atoms with Gasteiger partial charge in [-0.1, -0.05) is 12.1 Å². The predicted molar refractivity (Wildman–Crippen MR) is 96.7 cm³/mol. The Labute approximate surface area is 153 Å². The number of aromatic nitrogens is 2. The molecule has 4 saturated heterocycles. The summed E-state index contributed by atoms with van der Waals surface area (Å²) < 4.78 is 1.85. The minimum Gasteiger partial charge on any atom is -0.508 e. The lowest BCUT2D eigenvalue weighted by Crippen LogP contribution is -2.61. The normalized spacial score (nSPS) is 32.6. The molecule has 0 aliphatic carbocycles. The molecule has 1 amide bonds. The molecule has 6 nitrogen and oxygen atoms in total. The summed E-state index contributed by atoms with van der Waals surface area (Å²) in [5.41, 5.74) is 1.14. The Morgan fingerprint density at radius 1 is 1.23 bits per heavy atom. The quantitative estimate of drug-likeness (QED) is 0.913. The summed E-state index contributed by atoms with van der Waals surface area (Å²) in [6.07, 6.45) is 7.62. The first-order valence-electron chi connectivity index (χ1n) is 9.49. The highest BCUT2D eigenvalue weighted by Crippen LogP contribution is 2.46. The summed E-state index contributed by atoms with van der Waals surface area (Å²) >= 11 is 0. The summed E-state index contributed by atoms with van der Waals surface area (Å²) in [7, 11) is 0. The molecular weight excluding hydrogens is 328 g/mol. The number of phenolic OH excluding ortho intramolecular Hbond substituents is 1. The van der Waals surface area contributed by atoms with Gasteiger partial charge in [-0.05, 0) is 49.5 Å². The third-order valence-corrected chi connectivity index (χ3v) is 6.49. The number of fused-ring (bicyclic) bond motifs is 2. The predicted octanol–water partition coefficient (Wildman–Crippen LogP) is 1.68. The molecule has 5 heterocycles. The van der Waals surface area contributed by atoms with Crippen LogP contribution >= 0.6 is 0 Å². The summed E-state index contributed by atoms with van der Waals surface area (Å²) in [5, 5.41) is 9.94. The van der Waals surface area contributed by atoms with Gasteiger partial charge >= 0.3 is 0 Å². The molecule has 1 aromatic heterocycles. The van der Waals surface area contributed by atoms with Crippen molar-refractivity contribution >= 4 is 5.91 Å². The number of hydrogen-bond donors (Lipinski definition) is 1. The Balaban J connectivity index is 1.47. The lowest BCUT2D eigenvalue weighted by Gasteiger charge is -2.51. The van der Waals surface area contributed by atoms with Crippen molar-refractivity contribution in [2.24, 2.45) is 5.92 Å². The fraction of sp³-hybridized carbons (Fsp3) is 0.500. The number of nitrogens with zero attached hydrogens (tertiary/aromatic N) is 4. The van der Waals surface area contributed by atoms with Crippen LogP contribution in [0.5, 0.6) is 5.75 Å². The van der Waals surface area contributed by atoms with Crippen molar-refractivity contribution in [1.29, 1.82) is 0 Å². The minimum absolute atomic E-state index is 0.175. The van der Waals surface area contributed by atoms with Gasteiger partial charge in [-0.15, -0.1) is 0 Å². The van der Waals surface area contributed by atoms with Crippen molar-refractivity contribution in [3.05, 3.63) is 48.5 Å². The van der Waals surface area contributed by atoms with E-state index in [1.54, 1.807) is 18.6 Å². The molecule has 2 bridgehead atoms. The average Bonchev–Trinajstić information content (AvgIpc) is 3.31. The molecule has 6 heteroatoms. The maximum atomic E-state index is 13.1. The van der Waals surface area contributed by atoms with Crippen molar-refractivity contribution in [3.8, 4) is 5.75 Å². The molecular formula is C20H24N4O2. The second-order valence-electron chi connectivity index (χ2n) is 7.84. The largest absolute Gasteiger partial charge is 0.508 e. The van der Waals surface area contributed by atoms with Crippen LogP contribution in [-0.2, 0) is 11.3 Å². The third-order valence-electron chi connectivity index (χ3n) is 6.49. The van der Waals surface area contributed by atoms with Crippen molar-refractivity contribution < 1.29 is 9.90 Å². The first-order valence-corrected chi connectivity index (χ1v) is 9.49. The summed E-state index contributed by atoms with van der Waals surface area (Å²) in [6.45, 7) is 3.34. The molecule has 1 aromatic carbocycles. The molecule has 4 aliphatic rings. The Morgan fingerprint density at radius 3 is 2.81 bits per heavy atom. The number of carbonyl (C=O) groups excluding carboxylic acids is 1. The van der Waals surface area contributed by atoms with Gasteiger partial charge in [0.15, 0.2) is 0 Å². The minimum atomic E-state index is 0.175. The Hall–Kier alpha value is -2.34. The number of amides is 1. The molecule has 0 spiro atoms. The van der Waals surface area contributed by atoms with Crippen molar-refractivity contribution in [2.75, 3.05) is 19.6 Å².